The van der Waals surface area contributed by atoms with Gasteiger partial charge in [-0.25, -0.2) is 0 Å². The van der Waals surface area contributed by atoms with Gasteiger partial charge in [0.2, 0.25) is 0 Å². The van der Waals surface area contributed by atoms with E-state index >= 15 is 0 Å². The first-order chi connectivity index (χ1) is 7.85. The summed E-state index contributed by atoms with van der Waals surface area (Å²) in [5.74, 6) is 1.51. The van der Waals surface area contributed by atoms with Gasteiger partial charge < -0.3 is 19.9 Å². The van der Waals surface area contributed by atoms with Crippen molar-refractivity contribution in [3.05, 3.63) is 18.2 Å². The van der Waals surface area contributed by atoms with Crippen LogP contribution in [0.25, 0.3) is 0 Å². The maximum absolute atomic E-state index is 9.00. The Hall–Kier alpha value is -1.42. The predicted octanol–water partition coefficient (Wildman–Crippen LogP) is 1.89. The maximum Gasteiger partial charge on any atom is 0.146 e. The van der Waals surface area contributed by atoms with Gasteiger partial charge in [-0.2, -0.15) is 0 Å². The van der Waals surface area contributed by atoms with Gasteiger partial charge in [-0.05, 0) is 12.1 Å². The molecule has 0 amide bonds. The summed E-state index contributed by atoms with van der Waals surface area (Å²) in [6.45, 7) is 4.54. The first-order valence-corrected chi connectivity index (χ1v) is 5.52. The lowest BCUT2D eigenvalue weighted by molar-refractivity contribution is 0.206. The van der Waals surface area contributed by atoms with E-state index in [0.717, 1.165) is 17.2 Å². The average molecular weight is 225 g/mol. The van der Waals surface area contributed by atoms with Crippen LogP contribution in [0.4, 0.5) is 5.69 Å². The van der Waals surface area contributed by atoms with Gasteiger partial charge in [0.15, 0.2) is 0 Å². The summed E-state index contributed by atoms with van der Waals surface area (Å²) < 4.78 is 10.6. The summed E-state index contributed by atoms with van der Waals surface area (Å²) in [5, 5.41) is 12.2. The zero-order chi connectivity index (χ0) is 12.0. The molecular weight excluding hydrogens is 206 g/mol. The second kappa shape index (κ2) is 6.23. The van der Waals surface area contributed by atoms with Crippen LogP contribution < -0.4 is 14.8 Å². The molecule has 4 heteroatoms. The number of hydrogen-bond donors (Lipinski definition) is 2. The number of aliphatic hydroxyl groups is 1. The zero-order valence-electron chi connectivity index (χ0n) is 9.99. The third-order valence-corrected chi connectivity index (χ3v) is 2.22. The summed E-state index contributed by atoms with van der Waals surface area (Å²) >= 11 is 0. The van der Waals surface area contributed by atoms with Crippen molar-refractivity contribution in [2.24, 2.45) is 0 Å². The number of benzene rings is 1. The third-order valence-electron chi connectivity index (χ3n) is 2.22. The maximum atomic E-state index is 9.00. The van der Waals surface area contributed by atoms with Gasteiger partial charge in [0, 0.05) is 0 Å². The molecule has 90 valence electrons. The Kier molecular flexibility index (Phi) is 4.92. The average Bonchev–Trinajstić information content (AvgIpc) is 2.39. The SMILES string of the molecule is CC.COc1cccc2c1NC(CO)CO2. The molecule has 0 saturated carbocycles. The number of fused-ring (bicyclic) bond motifs is 1. The van der Waals surface area contributed by atoms with Gasteiger partial charge >= 0.3 is 0 Å². The fourth-order valence-electron chi connectivity index (χ4n) is 1.48. The van der Waals surface area contributed by atoms with E-state index in [1.54, 1.807) is 7.11 Å². The molecule has 1 aliphatic rings. The smallest absolute Gasteiger partial charge is 0.146 e. The summed E-state index contributed by atoms with van der Waals surface area (Å²) in [6.07, 6.45) is 0. The number of methoxy groups -OCH3 is 1. The molecule has 0 bridgehead atoms. The topological polar surface area (TPSA) is 50.7 Å². The molecule has 1 atom stereocenters. The number of aliphatic hydroxyl groups excluding tert-OH is 1. The van der Waals surface area contributed by atoms with Gasteiger partial charge in [0.1, 0.15) is 23.8 Å². The molecule has 2 rings (SSSR count). The van der Waals surface area contributed by atoms with E-state index in [-0.39, 0.29) is 12.6 Å². The lowest BCUT2D eigenvalue weighted by Gasteiger charge is -2.27. The van der Waals surface area contributed by atoms with E-state index in [4.69, 9.17) is 14.6 Å². The lowest BCUT2D eigenvalue weighted by Crippen LogP contribution is -2.34. The molecule has 2 N–H and O–H groups in total. The molecule has 1 aromatic carbocycles. The molecule has 1 aliphatic heterocycles. The van der Waals surface area contributed by atoms with Crippen LogP contribution in [0.1, 0.15) is 13.8 Å². The van der Waals surface area contributed by atoms with Crippen LogP contribution in [-0.2, 0) is 0 Å². The number of hydrogen-bond acceptors (Lipinski definition) is 4. The quantitative estimate of drug-likeness (QED) is 0.807. The molecule has 0 aromatic heterocycles. The fraction of sp³-hybridized carbons (Fsp3) is 0.500. The Morgan fingerprint density at radius 2 is 2.25 bits per heavy atom. The summed E-state index contributed by atoms with van der Waals surface area (Å²) in [5.41, 5.74) is 0.820. The van der Waals surface area contributed by atoms with Crippen molar-refractivity contribution >= 4 is 5.69 Å². The van der Waals surface area contributed by atoms with Crippen molar-refractivity contribution in [1.29, 1.82) is 0 Å². The summed E-state index contributed by atoms with van der Waals surface area (Å²) in [4.78, 5) is 0. The van der Waals surface area contributed by atoms with Gasteiger partial charge in [-0.15, -0.1) is 0 Å². The standard InChI is InChI=1S/C10H13NO3.C2H6/c1-13-8-3-2-4-9-10(8)11-7(5-12)6-14-9;1-2/h2-4,7,11-12H,5-6H2,1H3;1-2H3. The molecule has 1 aromatic rings. The molecule has 4 nitrogen and oxygen atoms in total. The van der Waals surface area contributed by atoms with E-state index in [9.17, 15) is 0 Å². The summed E-state index contributed by atoms with van der Waals surface area (Å²) in [7, 11) is 1.61. The van der Waals surface area contributed by atoms with Gasteiger partial charge in [0.05, 0.1) is 19.8 Å². The Balaban J connectivity index is 0.000000606. The number of rotatable bonds is 2. The van der Waals surface area contributed by atoms with Crippen molar-refractivity contribution in [3.63, 3.8) is 0 Å². The molecule has 0 radical (unpaired) electrons. The molecule has 0 aliphatic carbocycles. The monoisotopic (exact) mass is 225 g/mol. The molecule has 1 unspecified atom stereocenters. The number of ether oxygens (including phenoxy) is 2. The zero-order valence-corrected chi connectivity index (χ0v) is 9.99. The molecule has 0 saturated heterocycles. The molecule has 1 heterocycles. The van der Waals surface area contributed by atoms with Crippen LogP contribution in [-0.4, -0.2) is 31.5 Å². The van der Waals surface area contributed by atoms with Crippen molar-refractivity contribution in [2.75, 3.05) is 25.6 Å². The number of nitrogens with one attached hydrogen (secondary N) is 1. The van der Waals surface area contributed by atoms with Gasteiger partial charge in [-0.1, -0.05) is 19.9 Å². The Bertz CT molecular complexity index is 314. The fourth-order valence-corrected chi connectivity index (χ4v) is 1.48. The highest BCUT2D eigenvalue weighted by Gasteiger charge is 2.20. The minimum absolute atomic E-state index is 0.0531. The largest absolute Gasteiger partial charge is 0.494 e. The second-order valence-corrected chi connectivity index (χ2v) is 3.17. The van der Waals surface area contributed by atoms with Crippen LogP contribution in [0.5, 0.6) is 11.5 Å². The van der Waals surface area contributed by atoms with Crippen LogP contribution in [0, 0.1) is 0 Å². The van der Waals surface area contributed by atoms with Crippen molar-refractivity contribution < 1.29 is 14.6 Å². The number of anilines is 1. The van der Waals surface area contributed by atoms with Crippen LogP contribution in [0.3, 0.4) is 0 Å². The highest BCUT2D eigenvalue weighted by Crippen LogP contribution is 2.36. The first-order valence-electron chi connectivity index (χ1n) is 5.52. The number of para-hydroxylation sites is 1. The second-order valence-electron chi connectivity index (χ2n) is 3.17. The predicted molar refractivity (Wildman–Crippen MR) is 64.3 cm³/mol. The Morgan fingerprint density at radius 1 is 1.50 bits per heavy atom. The van der Waals surface area contributed by atoms with E-state index < -0.39 is 0 Å². The van der Waals surface area contributed by atoms with Gasteiger partial charge in [-0.3, -0.25) is 0 Å². The first kappa shape index (κ1) is 12.6. The molecular formula is C12H19NO3. The molecule has 0 fully saturated rings. The molecule has 0 spiro atoms. The molecule has 16 heavy (non-hydrogen) atoms. The van der Waals surface area contributed by atoms with E-state index in [1.165, 1.54) is 0 Å². The minimum Gasteiger partial charge on any atom is -0.494 e. The van der Waals surface area contributed by atoms with Crippen LogP contribution >= 0.6 is 0 Å². The Morgan fingerprint density at radius 3 is 2.88 bits per heavy atom. The summed E-state index contributed by atoms with van der Waals surface area (Å²) in [6, 6.07) is 5.55. The van der Waals surface area contributed by atoms with E-state index in [1.807, 2.05) is 32.0 Å². The van der Waals surface area contributed by atoms with Crippen LogP contribution in [0.15, 0.2) is 18.2 Å². The minimum atomic E-state index is -0.0567. The van der Waals surface area contributed by atoms with E-state index in [2.05, 4.69) is 5.32 Å². The van der Waals surface area contributed by atoms with Crippen molar-refractivity contribution in [1.82, 2.24) is 0 Å². The van der Waals surface area contributed by atoms with Crippen LogP contribution in [0.2, 0.25) is 0 Å². The van der Waals surface area contributed by atoms with Gasteiger partial charge in [0.25, 0.3) is 0 Å². The Labute approximate surface area is 96.2 Å². The third kappa shape index (κ3) is 2.58. The highest BCUT2D eigenvalue weighted by molar-refractivity contribution is 5.67. The highest BCUT2D eigenvalue weighted by atomic mass is 16.5. The normalized spacial score (nSPS) is 17.1. The van der Waals surface area contributed by atoms with Crippen molar-refractivity contribution in [2.45, 2.75) is 19.9 Å². The lowest BCUT2D eigenvalue weighted by atomic mass is 10.2. The van der Waals surface area contributed by atoms with Crippen molar-refractivity contribution in [3.8, 4) is 11.5 Å². The van der Waals surface area contributed by atoms with E-state index in [0.29, 0.717) is 6.61 Å².